The summed E-state index contributed by atoms with van der Waals surface area (Å²) in [5.41, 5.74) is 3.92. The molecule has 1 N–H and O–H groups in total. The third kappa shape index (κ3) is 4.08. The second-order valence-electron chi connectivity index (χ2n) is 6.52. The van der Waals surface area contributed by atoms with Crippen LogP contribution in [0.1, 0.15) is 30.7 Å². The highest BCUT2D eigenvalue weighted by Gasteiger charge is 2.24. The van der Waals surface area contributed by atoms with Crippen molar-refractivity contribution in [3.63, 3.8) is 0 Å². The van der Waals surface area contributed by atoms with E-state index in [0.29, 0.717) is 35.7 Å². The topological polar surface area (TPSA) is 69.9 Å². The van der Waals surface area contributed by atoms with E-state index in [1.165, 1.54) is 37.3 Å². The smallest absolute Gasteiger partial charge is 0.157 e. The second kappa shape index (κ2) is 8.00. The normalized spacial score (nSPS) is 14.4. The van der Waals surface area contributed by atoms with Crippen LogP contribution in [0.25, 0.3) is 0 Å². The monoisotopic (exact) mass is 384 g/mol. The number of Topliss-reactive ketones (excluding diaryl/α,β-unsaturated/α-hetero) is 1. The van der Waals surface area contributed by atoms with E-state index >= 15 is 0 Å². The van der Waals surface area contributed by atoms with Crippen molar-refractivity contribution >= 4 is 23.8 Å². The van der Waals surface area contributed by atoms with Gasteiger partial charge in [0.25, 0.3) is 0 Å². The summed E-state index contributed by atoms with van der Waals surface area (Å²) in [6, 6.07) is 5.17. The van der Waals surface area contributed by atoms with E-state index in [2.05, 4.69) is 9.97 Å². The van der Waals surface area contributed by atoms with Crippen molar-refractivity contribution in [2.75, 3.05) is 6.54 Å². The number of carbonyl (C=O) groups excluding carboxylic acids is 1. The Balaban J connectivity index is 1.89. The minimum Gasteiger partial charge on any atom is -0.364 e. The lowest BCUT2D eigenvalue weighted by Gasteiger charge is -2.31. The minimum atomic E-state index is -0.254. The van der Waals surface area contributed by atoms with Crippen molar-refractivity contribution in [3.05, 3.63) is 58.4 Å². The molecule has 0 fully saturated rings. The molecule has 27 heavy (non-hydrogen) atoms. The summed E-state index contributed by atoms with van der Waals surface area (Å²) in [7, 11) is 0. The first-order valence-electron chi connectivity index (χ1n) is 8.64. The van der Waals surface area contributed by atoms with Gasteiger partial charge in [-0.25, -0.2) is 14.4 Å². The van der Waals surface area contributed by atoms with Crippen LogP contribution < -0.4 is 0 Å². The van der Waals surface area contributed by atoms with Gasteiger partial charge in [0.1, 0.15) is 17.2 Å². The van der Waals surface area contributed by atoms with E-state index in [0.717, 1.165) is 21.8 Å². The summed E-state index contributed by atoms with van der Waals surface area (Å²) in [4.78, 5) is 23.0. The Hall–Kier alpha value is -2.54. The van der Waals surface area contributed by atoms with Gasteiger partial charge in [-0.2, -0.15) is 0 Å². The van der Waals surface area contributed by atoms with Crippen LogP contribution in [-0.4, -0.2) is 33.4 Å². The lowest BCUT2D eigenvalue weighted by molar-refractivity contribution is -0.113. The van der Waals surface area contributed by atoms with E-state index in [4.69, 9.17) is 5.41 Å². The molecule has 140 valence electrons. The van der Waals surface area contributed by atoms with Crippen LogP contribution in [0.2, 0.25) is 0 Å². The van der Waals surface area contributed by atoms with Crippen LogP contribution in [0.4, 0.5) is 4.39 Å². The average Bonchev–Trinajstić information content (AvgIpc) is 2.64. The van der Waals surface area contributed by atoms with Crippen LogP contribution in [0, 0.1) is 18.2 Å². The van der Waals surface area contributed by atoms with Gasteiger partial charge in [0, 0.05) is 28.8 Å². The molecule has 2 aromatic rings. The number of fused-ring (bicyclic) bond motifs is 1. The predicted octanol–water partition coefficient (Wildman–Crippen LogP) is 3.95. The van der Waals surface area contributed by atoms with Crippen molar-refractivity contribution in [1.82, 2.24) is 14.9 Å². The molecule has 0 spiro atoms. The fourth-order valence-electron chi connectivity index (χ4n) is 3.03. The largest absolute Gasteiger partial charge is 0.364 e. The number of aryl methyl sites for hydroxylation is 1. The quantitative estimate of drug-likeness (QED) is 0.480. The number of ketones is 1. The molecule has 7 heteroatoms. The molecule has 1 aromatic heterocycles. The fourth-order valence-corrected chi connectivity index (χ4v) is 3.97. The molecule has 0 radical (unpaired) electrons. The number of aromatic nitrogens is 2. The number of halogens is 1. The molecule has 1 aliphatic rings. The summed E-state index contributed by atoms with van der Waals surface area (Å²) in [6.07, 6.45) is 3.39. The second-order valence-corrected chi connectivity index (χ2v) is 7.55. The van der Waals surface area contributed by atoms with Crippen molar-refractivity contribution < 1.29 is 9.18 Å². The first kappa shape index (κ1) is 19.2. The number of hydrogen-bond donors (Lipinski definition) is 1. The average molecular weight is 384 g/mol. The molecule has 1 aliphatic heterocycles. The molecule has 0 amide bonds. The summed E-state index contributed by atoms with van der Waals surface area (Å²) >= 11 is 1.31. The Morgan fingerprint density at radius 2 is 2.11 bits per heavy atom. The molecule has 0 saturated carbocycles. The van der Waals surface area contributed by atoms with E-state index in [1.54, 1.807) is 13.0 Å². The summed E-state index contributed by atoms with van der Waals surface area (Å²) in [5, 5.41) is 8.44. The Labute approximate surface area is 162 Å². The highest BCUT2D eigenvalue weighted by atomic mass is 32.2. The standard InChI is InChI=1S/C20H21FN4OS/c1-12-4-5-19(16(21)8-12)27-20-15-6-7-25(10-17(15)23-11-24-20)18(9-22)13(2)14(3)26/h4-5,8-9,11,22H,6-7,10H2,1-3H3/b18-13+,22-9?. The molecule has 0 saturated heterocycles. The van der Waals surface area contributed by atoms with Gasteiger partial charge in [0.2, 0.25) is 0 Å². The van der Waals surface area contributed by atoms with Gasteiger partial charge in [-0.3, -0.25) is 4.79 Å². The zero-order valence-electron chi connectivity index (χ0n) is 15.5. The van der Waals surface area contributed by atoms with Crippen molar-refractivity contribution in [2.45, 2.75) is 43.7 Å². The molecular formula is C20H21FN4OS. The number of nitrogens with one attached hydrogen (secondary N) is 1. The molecule has 0 unspecified atom stereocenters. The fraction of sp³-hybridized carbons (Fsp3) is 0.300. The summed E-state index contributed by atoms with van der Waals surface area (Å²) in [5.74, 6) is -0.302. The van der Waals surface area contributed by atoms with Crippen molar-refractivity contribution in [1.29, 1.82) is 5.41 Å². The number of rotatable bonds is 5. The molecule has 2 heterocycles. The van der Waals surface area contributed by atoms with Crippen LogP contribution in [0.3, 0.4) is 0 Å². The lowest BCUT2D eigenvalue weighted by atomic mass is 10.0. The van der Waals surface area contributed by atoms with E-state index in [1.807, 2.05) is 17.9 Å². The first-order chi connectivity index (χ1) is 12.9. The van der Waals surface area contributed by atoms with Gasteiger partial charge in [0.05, 0.1) is 17.9 Å². The maximum absolute atomic E-state index is 14.2. The minimum absolute atomic E-state index is 0.0481. The van der Waals surface area contributed by atoms with E-state index in [9.17, 15) is 9.18 Å². The van der Waals surface area contributed by atoms with Gasteiger partial charge in [0.15, 0.2) is 5.78 Å². The lowest BCUT2D eigenvalue weighted by Crippen LogP contribution is -2.33. The number of hydrogen-bond acceptors (Lipinski definition) is 6. The van der Waals surface area contributed by atoms with Crippen molar-refractivity contribution in [3.8, 4) is 0 Å². The number of allylic oxidation sites excluding steroid dienone is 2. The van der Waals surface area contributed by atoms with Gasteiger partial charge < -0.3 is 10.3 Å². The number of carbonyl (C=O) groups is 1. The van der Waals surface area contributed by atoms with E-state index in [-0.39, 0.29) is 11.6 Å². The van der Waals surface area contributed by atoms with Gasteiger partial charge in [-0.1, -0.05) is 17.8 Å². The maximum atomic E-state index is 14.2. The predicted molar refractivity (Wildman–Crippen MR) is 104 cm³/mol. The van der Waals surface area contributed by atoms with Crippen LogP contribution in [0.15, 0.2) is 45.7 Å². The van der Waals surface area contributed by atoms with Crippen LogP contribution in [-0.2, 0) is 17.8 Å². The molecule has 0 bridgehead atoms. The van der Waals surface area contributed by atoms with Crippen molar-refractivity contribution in [2.24, 2.45) is 0 Å². The van der Waals surface area contributed by atoms with Gasteiger partial charge in [-0.15, -0.1) is 0 Å². The zero-order valence-corrected chi connectivity index (χ0v) is 16.4. The van der Waals surface area contributed by atoms with Gasteiger partial charge in [-0.05, 0) is 44.9 Å². The molecular weight excluding hydrogens is 363 g/mol. The van der Waals surface area contributed by atoms with E-state index < -0.39 is 0 Å². The number of benzene rings is 1. The zero-order chi connectivity index (χ0) is 19.6. The molecule has 1 aromatic carbocycles. The molecule has 0 atom stereocenters. The third-order valence-electron chi connectivity index (χ3n) is 4.65. The SMILES string of the molecule is CC(=O)/C(C)=C(\C=N)N1CCc2c(ncnc2Sc2ccc(C)cc2F)C1. The first-order valence-corrected chi connectivity index (χ1v) is 9.46. The Morgan fingerprint density at radius 3 is 2.78 bits per heavy atom. The Morgan fingerprint density at radius 1 is 1.33 bits per heavy atom. The molecule has 0 aliphatic carbocycles. The molecule has 5 nitrogen and oxygen atoms in total. The molecule has 3 rings (SSSR count). The summed E-state index contributed by atoms with van der Waals surface area (Å²) in [6.45, 7) is 6.25. The highest BCUT2D eigenvalue weighted by Crippen LogP contribution is 2.34. The number of nitrogens with zero attached hydrogens (tertiary/aromatic N) is 3. The Bertz CT molecular complexity index is 942. The third-order valence-corrected chi connectivity index (χ3v) is 5.75. The maximum Gasteiger partial charge on any atom is 0.157 e. The van der Waals surface area contributed by atoms with Crippen LogP contribution >= 0.6 is 11.8 Å². The highest BCUT2D eigenvalue weighted by molar-refractivity contribution is 7.99. The Kier molecular flexibility index (Phi) is 5.70. The van der Waals surface area contributed by atoms with Crippen LogP contribution in [0.5, 0.6) is 0 Å². The summed E-state index contributed by atoms with van der Waals surface area (Å²) < 4.78 is 14.2. The van der Waals surface area contributed by atoms with Gasteiger partial charge >= 0.3 is 0 Å².